The zero-order valence-electron chi connectivity index (χ0n) is 9.90. The minimum Gasteiger partial charge on any atom is -0.478 e. The number of nitrogens with zero attached hydrogens (tertiary/aromatic N) is 1. The van der Waals surface area contributed by atoms with Gasteiger partial charge in [-0.1, -0.05) is 12.1 Å². The molecule has 1 heterocycles. The second kappa shape index (κ2) is 4.92. The maximum absolute atomic E-state index is 13.3. The number of hydrogen-bond acceptors (Lipinski definition) is 2. The molecule has 1 N–H and O–H groups in total. The highest BCUT2D eigenvalue weighted by molar-refractivity contribution is 5.94. The average Bonchev–Trinajstić information content (AvgIpc) is 2.50. The Hall–Kier alpha value is -1.65. The van der Waals surface area contributed by atoms with Gasteiger partial charge in [0.1, 0.15) is 0 Å². The summed E-state index contributed by atoms with van der Waals surface area (Å²) in [7, 11) is 0. The summed E-state index contributed by atoms with van der Waals surface area (Å²) in [6, 6.07) is 6.54. The van der Waals surface area contributed by atoms with E-state index in [4.69, 9.17) is 5.11 Å². The summed E-state index contributed by atoms with van der Waals surface area (Å²) < 4.78 is 26.5. The van der Waals surface area contributed by atoms with Gasteiger partial charge in [0.05, 0.1) is 11.3 Å². The molecule has 0 saturated carbocycles. The van der Waals surface area contributed by atoms with Crippen LogP contribution >= 0.6 is 0 Å². The topological polar surface area (TPSA) is 40.5 Å². The SMILES string of the molecule is O=C(O)c1ccccc1N1CCCC(F)(F)CC1. The molecule has 0 aromatic heterocycles. The third kappa shape index (κ3) is 2.78. The van der Waals surface area contributed by atoms with Crippen LogP contribution in [-0.2, 0) is 0 Å². The van der Waals surface area contributed by atoms with E-state index >= 15 is 0 Å². The lowest BCUT2D eigenvalue weighted by atomic mass is 10.1. The maximum Gasteiger partial charge on any atom is 0.337 e. The molecule has 1 aliphatic rings. The van der Waals surface area contributed by atoms with E-state index in [-0.39, 0.29) is 24.9 Å². The smallest absolute Gasteiger partial charge is 0.337 e. The monoisotopic (exact) mass is 255 g/mol. The summed E-state index contributed by atoms with van der Waals surface area (Å²) in [6.07, 6.45) is 0.0284. The Kier molecular flexibility index (Phi) is 3.50. The minimum atomic E-state index is -2.63. The number of rotatable bonds is 2. The van der Waals surface area contributed by atoms with Crippen LogP contribution in [0.25, 0.3) is 0 Å². The number of aromatic carboxylic acids is 1. The standard InChI is InChI=1S/C13H15F2NO2/c14-13(15)6-3-8-16(9-7-13)11-5-2-1-4-10(11)12(17)18/h1-2,4-5H,3,6-9H2,(H,17,18). The molecule has 1 aromatic carbocycles. The highest BCUT2D eigenvalue weighted by atomic mass is 19.3. The Morgan fingerprint density at radius 1 is 1.22 bits per heavy atom. The van der Waals surface area contributed by atoms with Crippen molar-refractivity contribution in [3.8, 4) is 0 Å². The molecule has 98 valence electrons. The molecule has 0 unspecified atom stereocenters. The minimum absolute atomic E-state index is 0.126. The number of benzene rings is 1. The predicted molar refractivity (Wildman–Crippen MR) is 64.4 cm³/mol. The van der Waals surface area contributed by atoms with Gasteiger partial charge in [-0.15, -0.1) is 0 Å². The molecule has 0 spiro atoms. The average molecular weight is 255 g/mol. The largest absolute Gasteiger partial charge is 0.478 e. The molecule has 5 heteroatoms. The summed E-state index contributed by atoms with van der Waals surface area (Å²) in [4.78, 5) is 12.8. The molecule has 1 aliphatic heterocycles. The van der Waals surface area contributed by atoms with Crippen molar-refractivity contribution in [3.63, 3.8) is 0 Å². The number of carboxylic acid groups (broad SMARTS) is 1. The molecular formula is C13H15F2NO2. The molecule has 0 atom stereocenters. The summed E-state index contributed by atoms with van der Waals surface area (Å²) >= 11 is 0. The molecule has 0 aliphatic carbocycles. The zero-order valence-corrected chi connectivity index (χ0v) is 9.90. The van der Waals surface area contributed by atoms with Gasteiger partial charge in [0.2, 0.25) is 5.92 Å². The van der Waals surface area contributed by atoms with Crippen molar-refractivity contribution in [3.05, 3.63) is 29.8 Å². The Morgan fingerprint density at radius 3 is 2.67 bits per heavy atom. The van der Waals surface area contributed by atoms with E-state index in [0.717, 1.165) is 0 Å². The third-order valence-electron chi connectivity index (χ3n) is 3.19. The van der Waals surface area contributed by atoms with E-state index in [1.165, 1.54) is 6.07 Å². The quantitative estimate of drug-likeness (QED) is 0.883. The summed E-state index contributed by atoms with van der Waals surface area (Å²) in [5.41, 5.74) is 0.699. The first kappa shape index (κ1) is 12.8. The molecule has 2 rings (SSSR count). The normalized spacial score (nSPS) is 19.3. The number of halogens is 2. The van der Waals surface area contributed by atoms with Crippen molar-refractivity contribution < 1.29 is 18.7 Å². The fourth-order valence-corrected chi connectivity index (χ4v) is 2.24. The van der Waals surface area contributed by atoms with Crippen molar-refractivity contribution in [2.45, 2.75) is 25.2 Å². The molecule has 0 bridgehead atoms. The lowest BCUT2D eigenvalue weighted by Crippen LogP contribution is -2.27. The molecule has 1 aromatic rings. The van der Waals surface area contributed by atoms with Crippen molar-refractivity contribution >= 4 is 11.7 Å². The van der Waals surface area contributed by atoms with Crippen LogP contribution in [0.3, 0.4) is 0 Å². The zero-order chi connectivity index (χ0) is 13.2. The highest BCUT2D eigenvalue weighted by Crippen LogP contribution is 2.31. The van der Waals surface area contributed by atoms with E-state index in [0.29, 0.717) is 18.7 Å². The Labute approximate surface area is 104 Å². The van der Waals surface area contributed by atoms with Crippen molar-refractivity contribution in [2.24, 2.45) is 0 Å². The van der Waals surface area contributed by atoms with Crippen LogP contribution in [0.2, 0.25) is 0 Å². The molecule has 1 fully saturated rings. The number of para-hydroxylation sites is 1. The molecule has 0 radical (unpaired) electrons. The molecule has 0 amide bonds. The van der Waals surface area contributed by atoms with Gasteiger partial charge in [-0.05, 0) is 18.6 Å². The number of carboxylic acids is 1. The maximum atomic E-state index is 13.3. The van der Waals surface area contributed by atoms with E-state index in [2.05, 4.69) is 0 Å². The fourth-order valence-electron chi connectivity index (χ4n) is 2.24. The number of hydrogen-bond donors (Lipinski definition) is 1. The van der Waals surface area contributed by atoms with Crippen LogP contribution in [0, 0.1) is 0 Å². The third-order valence-corrected chi connectivity index (χ3v) is 3.19. The van der Waals surface area contributed by atoms with E-state index in [9.17, 15) is 13.6 Å². The Balaban J connectivity index is 2.24. The molecular weight excluding hydrogens is 240 g/mol. The van der Waals surface area contributed by atoms with E-state index in [1.54, 1.807) is 23.1 Å². The molecule has 1 saturated heterocycles. The van der Waals surface area contributed by atoms with Crippen molar-refractivity contribution in [1.82, 2.24) is 0 Å². The first-order valence-corrected chi connectivity index (χ1v) is 5.95. The number of carbonyl (C=O) groups is 1. The fraction of sp³-hybridized carbons (Fsp3) is 0.462. The summed E-state index contributed by atoms with van der Waals surface area (Å²) in [5, 5.41) is 9.09. The van der Waals surface area contributed by atoms with Gasteiger partial charge in [0.15, 0.2) is 0 Å². The van der Waals surface area contributed by atoms with Crippen LogP contribution in [-0.4, -0.2) is 30.1 Å². The van der Waals surface area contributed by atoms with Gasteiger partial charge in [-0.2, -0.15) is 0 Å². The second-order valence-corrected chi connectivity index (χ2v) is 4.52. The van der Waals surface area contributed by atoms with Gasteiger partial charge >= 0.3 is 5.97 Å². The van der Waals surface area contributed by atoms with Gasteiger partial charge in [-0.3, -0.25) is 0 Å². The molecule has 18 heavy (non-hydrogen) atoms. The Bertz CT molecular complexity index is 448. The van der Waals surface area contributed by atoms with Gasteiger partial charge < -0.3 is 10.0 Å². The van der Waals surface area contributed by atoms with Gasteiger partial charge in [-0.25, -0.2) is 13.6 Å². The van der Waals surface area contributed by atoms with Crippen LogP contribution in [0.15, 0.2) is 24.3 Å². The van der Waals surface area contributed by atoms with E-state index in [1.807, 2.05) is 0 Å². The van der Waals surface area contributed by atoms with Crippen molar-refractivity contribution in [2.75, 3.05) is 18.0 Å². The van der Waals surface area contributed by atoms with Crippen molar-refractivity contribution in [1.29, 1.82) is 0 Å². The highest BCUT2D eigenvalue weighted by Gasteiger charge is 2.32. The van der Waals surface area contributed by atoms with Gasteiger partial charge in [0, 0.05) is 25.9 Å². The number of alkyl halides is 2. The summed E-state index contributed by atoms with van der Waals surface area (Å²) in [5.74, 6) is -3.66. The lowest BCUT2D eigenvalue weighted by molar-refractivity contribution is -0.0102. The van der Waals surface area contributed by atoms with Crippen LogP contribution in [0.5, 0.6) is 0 Å². The van der Waals surface area contributed by atoms with Crippen LogP contribution in [0.1, 0.15) is 29.6 Å². The first-order chi connectivity index (χ1) is 8.49. The lowest BCUT2D eigenvalue weighted by Gasteiger charge is -2.24. The van der Waals surface area contributed by atoms with Crippen LogP contribution < -0.4 is 4.90 Å². The van der Waals surface area contributed by atoms with Gasteiger partial charge in [0.25, 0.3) is 0 Å². The van der Waals surface area contributed by atoms with E-state index < -0.39 is 11.9 Å². The summed E-state index contributed by atoms with van der Waals surface area (Å²) in [6.45, 7) is 0.664. The predicted octanol–water partition coefficient (Wildman–Crippen LogP) is 3.01. The second-order valence-electron chi connectivity index (χ2n) is 4.52. The number of anilines is 1. The van der Waals surface area contributed by atoms with Crippen LogP contribution in [0.4, 0.5) is 14.5 Å². The molecule has 3 nitrogen and oxygen atoms in total. The Morgan fingerprint density at radius 2 is 1.94 bits per heavy atom. The first-order valence-electron chi connectivity index (χ1n) is 5.95.